The fraction of sp³-hybridized carbons (Fsp3) is 1.00. The second-order valence-electron chi connectivity index (χ2n) is 3.28. The van der Waals surface area contributed by atoms with Crippen LogP contribution >= 0.6 is 11.1 Å². The predicted octanol–water partition coefficient (Wildman–Crippen LogP) is -1.24. The van der Waals surface area contributed by atoms with Crippen LogP contribution in [0.1, 0.15) is 0 Å². The number of halogens is 1. The van der Waals surface area contributed by atoms with Crippen molar-refractivity contribution in [3.63, 3.8) is 0 Å². The Bertz CT molecular complexity index is 141. The maximum atomic E-state index is 6.36. The molecule has 0 aliphatic carbocycles. The molecule has 0 spiro atoms. The van der Waals surface area contributed by atoms with E-state index in [9.17, 15) is 0 Å². The normalized spacial score (nSPS) is 43.2. The van der Waals surface area contributed by atoms with Crippen LogP contribution in [0.15, 0.2) is 0 Å². The van der Waals surface area contributed by atoms with Crippen LogP contribution in [-0.2, 0) is 0 Å². The molecular weight excluding hydrogens is 192 g/mol. The molecule has 3 aliphatic heterocycles. The van der Waals surface area contributed by atoms with Crippen molar-refractivity contribution in [1.29, 1.82) is 0 Å². The molecular formula is C6H15ClN4Si. The third-order valence-corrected chi connectivity index (χ3v) is 5.80. The Morgan fingerprint density at radius 1 is 0.917 bits per heavy atom. The van der Waals surface area contributed by atoms with Gasteiger partial charge in [0.15, 0.2) is 0 Å². The summed E-state index contributed by atoms with van der Waals surface area (Å²) in [5, 5.41) is 0. The molecule has 0 aromatic carbocycles. The van der Waals surface area contributed by atoms with Crippen LogP contribution in [-0.4, -0.2) is 52.0 Å². The molecule has 4 nitrogen and oxygen atoms in total. The molecule has 0 radical (unpaired) electrons. The standard InChI is InChI=1S/C6H15ClN4Si/c7-12-8-1-4-11(5-2-9-12)6-3-10-12/h8-10H,1-6H2. The molecule has 0 saturated carbocycles. The van der Waals surface area contributed by atoms with E-state index in [1.54, 1.807) is 0 Å². The quantitative estimate of drug-likeness (QED) is 0.343. The summed E-state index contributed by atoms with van der Waals surface area (Å²) in [5.74, 6) is 0. The minimum atomic E-state index is -1.99. The third kappa shape index (κ3) is 1.98. The number of hydrogen-bond donors (Lipinski definition) is 3. The van der Waals surface area contributed by atoms with Gasteiger partial charge in [-0.25, -0.2) is 0 Å². The molecule has 0 atom stereocenters. The van der Waals surface area contributed by atoms with Crippen LogP contribution in [0.5, 0.6) is 0 Å². The molecule has 0 unspecified atom stereocenters. The van der Waals surface area contributed by atoms with E-state index in [1.807, 2.05) is 0 Å². The topological polar surface area (TPSA) is 39.3 Å². The summed E-state index contributed by atoms with van der Waals surface area (Å²) in [6.45, 7) is 6.38. The summed E-state index contributed by atoms with van der Waals surface area (Å²) < 4.78 is 0. The lowest BCUT2D eigenvalue weighted by molar-refractivity contribution is 0.269. The van der Waals surface area contributed by atoms with Gasteiger partial charge in [0.2, 0.25) is 0 Å². The highest BCUT2D eigenvalue weighted by atomic mass is 35.6. The summed E-state index contributed by atoms with van der Waals surface area (Å²) in [6, 6.07) is 0. The van der Waals surface area contributed by atoms with Gasteiger partial charge in [0.1, 0.15) is 0 Å². The zero-order chi connectivity index (χ0) is 8.44. The molecule has 3 aliphatic rings. The summed E-state index contributed by atoms with van der Waals surface area (Å²) in [7, 11) is -1.99. The van der Waals surface area contributed by atoms with E-state index in [2.05, 4.69) is 19.8 Å². The zero-order valence-corrected chi connectivity index (χ0v) is 8.82. The molecule has 0 amide bonds. The Labute approximate surface area is 78.6 Å². The number of hydrogen-bond acceptors (Lipinski definition) is 4. The summed E-state index contributed by atoms with van der Waals surface area (Å²) in [5.41, 5.74) is 0. The number of nitrogens with one attached hydrogen (secondary N) is 3. The van der Waals surface area contributed by atoms with Crippen molar-refractivity contribution in [2.45, 2.75) is 0 Å². The highest BCUT2D eigenvalue weighted by molar-refractivity contribution is 7.16. The SMILES string of the molecule is Cl[Si]12NCCN(CCN1)CCN2. The third-order valence-electron chi connectivity index (χ3n) is 2.39. The molecule has 6 heteroatoms. The van der Waals surface area contributed by atoms with E-state index in [1.165, 1.54) is 0 Å². The van der Waals surface area contributed by atoms with Crippen LogP contribution in [0.4, 0.5) is 0 Å². The maximum absolute atomic E-state index is 6.36. The fourth-order valence-corrected chi connectivity index (χ4v) is 4.28. The van der Waals surface area contributed by atoms with Crippen LogP contribution in [0, 0.1) is 0 Å². The van der Waals surface area contributed by atoms with Gasteiger partial charge in [-0.05, 0) is 0 Å². The predicted molar refractivity (Wildman–Crippen MR) is 52.1 cm³/mol. The van der Waals surface area contributed by atoms with Gasteiger partial charge < -0.3 is 0 Å². The Kier molecular flexibility index (Phi) is 2.68. The van der Waals surface area contributed by atoms with Gasteiger partial charge in [-0.3, -0.25) is 19.8 Å². The molecule has 12 heavy (non-hydrogen) atoms. The van der Waals surface area contributed by atoms with Gasteiger partial charge in [0.05, 0.1) is 0 Å². The van der Waals surface area contributed by atoms with Crippen LogP contribution in [0.3, 0.4) is 0 Å². The van der Waals surface area contributed by atoms with Crippen LogP contribution in [0.2, 0.25) is 0 Å². The number of rotatable bonds is 0. The molecule has 3 N–H and O–H groups in total. The van der Waals surface area contributed by atoms with Crippen molar-refractivity contribution in [2.75, 3.05) is 39.3 Å². The van der Waals surface area contributed by atoms with Crippen molar-refractivity contribution in [2.24, 2.45) is 0 Å². The van der Waals surface area contributed by atoms with Crippen molar-refractivity contribution in [1.82, 2.24) is 19.8 Å². The summed E-state index contributed by atoms with van der Waals surface area (Å²) in [4.78, 5) is 12.6. The Morgan fingerprint density at radius 2 is 1.33 bits per heavy atom. The smallest absolute Gasteiger partial charge is 0.300 e. The number of nitrogens with zero attached hydrogens (tertiary/aromatic N) is 1. The van der Waals surface area contributed by atoms with Gasteiger partial charge in [0, 0.05) is 39.3 Å². The van der Waals surface area contributed by atoms with E-state index >= 15 is 0 Å². The molecule has 3 heterocycles. The lowest BCUT2D eigenvalue weighted by Gasteiger charge is -2.37. The van der Waals surface area contributed by atoms with Crippen molar-refractivity contribution >= 4 is 18.9 Å². The Hall–Kier alpha value is 0.347. The first-order valence-electron chi connectivity index (χ1n) is 4.45. The second-order valence-corrected chi connectivity index (χ2v) is 7.36. The summed E-state index contributed by atoms with van der Waals surface area (Å²) >= 11 is 6.36. The molecule has 2 bridgehead atoms. The molecule has 3 saturated heterocycles. The van der Waals surface area contributed by atoms with E-state index in [4.69, 9.17) is 11.1 Å². The minimum absolute atomic E-state index is 0.996. The van der Waals surface area contributed by atoms with Gasteiger partial charge in [-0.1, -0.05) is 0 Å². The van der Waals surface area contributed by atoms with Crippen LogP contribution < -0.4 is 14.9 Å². The summed E-state index contributed by atoms with van der Waals surface area (Å²) in [6.07, 6.45) is 0. The Morgan fingerprint density at radius 3 is 1.75 bits per heavy atom. The molecule has 3 rings (SSSR count). The average Bonchev–Trinajstić information content (AvgIpc) is 1.93. The monoisotopic (exact) mass is 206 g/mol. The molecule has 0 aromatic heterocycles. The highest BCUT2D eigenvalue weighted by Crippen LogP contribution is 2.02. The largest absolute Gasteiger partial charge is 0.384 e. The minimum Gasteiger partial charge on any atom is -0.300 e. The van der Waals surface area contributed by atoms with E-state index in [0.717, 1.165) is 39.3 Å². The van der Waals surface area contributed by atoms with Crippen LogP contribution in [0.25, 0.3) is 0 Å². The molecule has 70 valence electrons. The average molecular weight is 207 g/mol. The Balaban J connectivity index is 2.06. The van der Waals surface area contributed by atoms with Gasteiger partial charge in [0.25, 0.3) is 0 Å². The van der Waals surface area contributed by atoms with E-state index in [-0.39, 0.29) is 0 Å². The van der Waals surface area contributed by atoms with E-state index in [0.29, 0.717) is 0 Å². The highest BCUT2D eigenvalue weighted by Gasteiger charge is 2.34. The molecule has 3 fully saturated rings. The fourth-order valence-electron chi connectivity index (χ4n) is 1.68. The first-order chi connectivity index (χ1) is 5.79. The van der Waals surface area contributed by atoms with Crippen molar-refractivity contribution < 1.29 is 0 Å². The van der Waals surface area contributed by atoms with Gasteiger partial charge in [-0.15, -0.1) is 11.1 Å². The van der Waals surface area contributed by atoms with Gasteiger partial charge >= 0.3 is 7.87 Å². The first kappa shape index (κ1) is 8.92. The van der Waals surface area contributed by atoms with E-state index < -0.39 is 7.87 Å². The lowest BCUT2D eigenvalue weighted by Crippen LogP contribution is -2.73. The maximum Gasteiger partial charge on any atom is 0.384 e. The molecule has 0 aromatic rings. The van der Waals surface area contributed by atoms with Crippen molar-refractivity contribution in [3.05, 3.63) is 0 Å². The lowest BCUT2D eigenvalue weighted by atomic mass is 10.4. The van der Waals surface area contributed by atoms with Crippen molar-refractivity contribution in [3.8, 4) is 0 Å². The van der Waals surface area contributed by atoms with Gasteiger partial charge in [-0.2, -0.15) is 0 Å². The zero-order valence-electron chi connectivity index (χ0n) is 7.07. The first-order valence-corrected chi connectivity index (χ1v) is 7.46. The second kappa shape index (κ2) is 3.61. The number of fused-ring (bicyclic) bond motifs is 6.